The molecule has 0 unspecified atom stereocenters. The Bertz CT molecular complexity index is 488. The van der Waals surface area contributed by atoms with E-state index in [2.05, 4.69) is 4.98 Å². The quantitative estimate of drug-likeness (QED) is 0.897. The number of hydrogen-bond acceptors (Lipinski definition) is 4. The van der Waals surface area contributed by atoms with Gasteiger partial charge < -0.3 is 9.84 Å². The number of hydrogen-bond donors (Lipinski definition) is 1. The summed E-state index contributed by atoms with van der Waals surface area (Å²) in [7, 11) is 0. The summed E-state index contributed by atoms with van der Waals surface area (Å²) in [5.41, 5.74) is 0.340. The smallest absolute Gasteiger partial charge is 0.306 e. The van der Waals surface area contributed by atoms with Crippen LogP contribution < -0.4 is 4.74 Å². The molecule has 1 saturated carbocycles. The van der Waals surface area contributed by atoms with E-state index in [1.54, 1.807) is 18.3 Å². The molecule has 1 fully saturated rings. The molecule has 1 aromatic heterocycles. The van der Waals surface area contributed by atoms with E-state index in [1.165, 1.54) is 0 Å². The fourth-order valence-corrected chi connectivity index (χ4v) is 2.35. The van der Waals surface area contributed by atoms with Gasteiger partial charge in [0.2, 0.25) is 0 Å². The number of nitriles is 1. The van der Waals surface area contributed by atoms with Gasteiger partial charge in [-0.05, 0) is 37.7 Å². The summed E-state index contributed by atoms with van der Waals surface area (Å²) >= 11 is 0. The zero-order chi connectivity index (χ0) is 13.7. The number of carbonyl (C=O) groups is 1. The molecule has 19 heavy (non-hydrogen) atoms. The predicted molar refractivity (Wildman–Crippen MR) is 67.5 cm³/mol. The molecule has 1 aliphatic rings. The Morgan fingerprint density at radius 2 is 2.21 bits per heavy atom. The molecule has 1 N–H and O–H groups in total. The fraction of sp³-hybridized carbons (Fsp3) is 0.500. The number of carboxylic acids is 1. The number of ether oxygens (including phenoxy) is 1. The molecule has 100 valence electrons. The van der Waals surface area contributed by atoms with Crippen LogP contribution in [0.1, 0.15) is 31.4 Å². The topological polar surface area (TPSA) is 83.2 Å². The SMILES string of the molecule is N#Cc1cc(OCC2CCC(C(=O)O)CC2)ccn1. The van der Waals surface area contributed by atoms with Crippen molar-refractivity contribution in [1.82, 2.24) is 4.98 Å². The van der Waals surface area contributed by atoms with Gasteiger partial charge in [-0.2, -0.15) is 5.26 Å². The minimum Gasteiger partial charge on any atom is -0.493 e. The van der Waals surface area contributed by atoms with Crippen molar-refractivity contribution in [3.63, 3.8) is 0 Å². The first kappa shape index (κ1) is 13.3. The van der Waals surface area contributed by atoms with Gasteiger partial charge in [0, 0.05) is 12.3 Å². The summed E-state index contributed by atoms with van der Waals surface area (Å²) in [6.07, 6.45) is 4.77. The summed E-state index contributed by atoms with van der Waals surface area (Å²) in [5, 5.41) is 17.7. The normalized spacial score (nSPS) is 22.5. The van der Waals surface area contributed by atoms with Crippen molar-refractivity contribution < 1.29 is 14.6 Å². The van der Waals surface area contributed by atoms with Crippen LogP contribution in [0.2, 0.25) is 0 Å². The molecule has 1 heterocycles. The predicted octanol–water partition coefficient (Wildman–Crippen LogP) is 2.22. The van der Waals surface area contributed by atoms with Gasteiger partial charge in [-0.25, -0.2) is 4.98 Å². The lowest BCUT2D eigenvalue weighted by molar-refractivity contribution is -0.143. The molecule has 1 aliphatic carbocycles. The molecule has 0 amide bonds. The van der Waals surface area contributed by atoms with E-state index in [-0.39, 0.29) is 5.92 Å². The number of aromatic nitrogens is 1. The third kappa shape index (κ3) is 3.68. The van der Waals surface area contributed by atoms with E-state index in [4.69, 9.17) is 15.1 Å². The lowest BCUT2D eigenvalue weighted by Gasteiger charge is -2.25. The van der Waals surface area contributed by atoms with Gasteiger partial charge >= 0.3 is 5.97 Å². The lowest BCUT2D eigenvalue weighted by atomic mass is 9.82. The maximum atomic E-state index is 10.8. The summed E-state index contributed by atoms with van der Waals surface area (Å²) in [4.78, 5) is 14.7. The van der Waals surface area contributed by atoms with Gasteiger partial charge in [0.05, 0.1) is 12.5 Å². The highest BCUT2D eigenvalue weighted by molar-refractivity contribution is 5.69. The second-order valence-electron chi connectivity index (χ2n) is 4.86. The van der Waals surface area contributed by atoms with Crippen molar-refractivity contribution in [3.05, 3.63) is 24.0 Å². The average molecular weight is 260 g/mol. The van der Waals surface area contributed by atoms with Gasteiger partial charge in [-0.1, -0.05) is 0 Å². The van der Waals surface area contributed by atoms with E-state index in [1.807, 2.05) is 6.07 Å². The third-order valence-corrected chi connectivity index (χ3v) is 3.53. The third-order valence-electron chi connectivity index (χ3n) is 3.53. The number of nitrogens with zero attached hydrogens (tertiary/aromatic N) is 2. The van der Waals surface area contributed by atoms with Crippen molar-refractivity contribution >= 4 is 5.97 Å². The highest BCUT2D eigenvalue weighted by atomic mass is 16.5. The first-order chi connectivity index (χ1) is 9.19. The fourth-order valence-electron chi connectivity index (χ4n) is 2.35. The molecule has 1 aromatic rings. The van der Waals surface area contributed by atoms with Crippen LogP contribution in [0.5, 0.6) is 5.75 Å². The molecule has 2 rings (SSSR count). The van der Waals surface area contributed by atoms with Crippen molar-refractivity contribution in [2.75, 3.05) is 6.61 Å². The Kier molecular flexibility index (Phi) is 4.35. The molecular weight excluding hydrogens is 244 g/mol. The van der Waals surface area contributed by atoms with Gasteiger partial charge in [0.15, 0.2) is 0 Å². The van der Waals surface area contributed by atoms with Crippen molar-refractivity contribution in [2.24, 2.45) is 11.8 Å². The number of carboxylic acid groups (broad SMARTS) is 1. The first-order valence-corrected chi connectivity index (χ1v) is 6.41. The first-order valence-electron chi connectivity index (χ1n) is 6.41. The van der Waals surface area contributed by atoms with E-state index in [0.717, 1.165) is 25.7 Å². The Hall–Kier alpha value is -2.09. The van der Waals surface area contributed by atoms with E-state index >= 15 is 0 Å². The summed E-state index contributed by atoms with van der Waals surface area (Å²) in [6, 6.07) is 5.31. The summed E-state index contributed by atoms with van der Waals surface area (Å²) in [5.74, 6) is 0.163. The van der Waals surface area contributed by atoms with Crippen LogP contribution >= 0.6 is 0 Å². The molecule has 0 radical (unpaired) electrons. The van der Waals surface area contributed by atoms with Gasteiger partial charge in [-0.15, -0.1) is 0 Å². The van der Waals surface area contributed by atoms with Crippen LogP contribution in [0.25, 0.3) is 0 Å². The van der Waals surface area contributed by atoms with E-state index in [9.17, 15) is 4.79 Å². The zero-order valence-electron chi connectivity index (χ0n) is 10.6. The van der Waals surface area contributed by atoms with Gasteiger partial charge in [0.25, 0.3) is 0 Å². The van der Waals surface area contributed by atoms with Crippen molar-refractivity contribution in [2.45, 2.75) is 25.7 Å². The minimum absolute atomic E-state index is 0.192. The Morgan fingerprint density at radius 3 is 2.84 bits per heavy atom. The molecular formula is C14H16N2O3. The Morgan fingerprint density at radius 1 is 1.47 bits per heavy atom. The molecule has 0 aromatic carbocycles. The Labute approximate surface area is 111 Å². The second-order valence-corrected chi connectivity index (χ2v) is 4.86. The highest BCUT2D eigenvalue weighted by Crippen LogP contribution is 2.29. The molecule has 0 aliphatic heterocycles. The minimum atomic E-state index is -0.688. The van der Waals surface area contributed by atoms with Crippen LogP contribution in [0.4, 0.5) is 0 Å². The zero-order valence-corrected chi connectivity index (χ0v) is 10.6. The molecule has 0 spiro atoms. The van der Waals surface area contributed by atoms with Crippen molar-refractivity contribution in [3.8, 4) is 11.8 Å². The van der Waals surface area contributed by atoms with Crippen LogP contribution in [0.15, 0.2) is 18.3 Å². The molecule has 0 atom stereocenters. The summed E-state index contributed by atoms with van der Waals surface area (Å²) < 4.78 is 5.65. The largest absolute Gasteiger partial charge is 0.493 e. The maximum Gasteiger partial charge on any atom is 0.306 e. The van der Waals surface area contributed by atoms with E-state index in [0.29, 0.717) is 24.0 Å². The average Bonchev–Trinajstić information content (AvgIpc) is 2.46. The highest BCUT2D eigenvalue weighted by Gasteiger charge is 2.26. The van der Waals surface area contributed by atoms with Crippen molar-refractivity contribution in [1.29, 1.82) is 5.26 Å². The second kappa shape index (κ2) is 6.19. The summed E-state index contributed by atoms with van der Waals surface area (Å²) in [6.45, 7) is 0.571. The van der Waals surface area contributed by atoms with Crippen LogP contribution in [0, 0.1) is 23.2 Å². The van der Waals surface area contributed by atoms with Gasteiger partial charge in [-0.3, -0.25) is 4.79 Å². The lowest BCUT2D eigenvalue weighted by Crippen LogP contribution is -2.24. The Balaban J connectivity index is 1.80. The molecule has 0 saturated heterocycles. The maximum absolute atomic E-state index is 10.8. The standard InChI is InChI=1S/C14H16N2O3/c15-8-12-7-13(5-6-16-12)19-9-10-1-3-11(4-2-10)14(17)18/h5-7,10-11H,1-4,9H2,(H,17,18). The number of aliphatic carboxylic acids is 1. The van der Waals surface area contributed by atoms with Gasteiger partial charge in [0.1, 0.15) is 17.5 Å². The van der Waals surface area contributed by atoms with E-state index < -0.39 is 5.97 Å². The molecule has 5 heteroatoms. The molecule has 0 bridgehead atoms. The monoisotopic (exact) mass is 260 g/mol. The van der Waals surface area contributed by atoms with Crippen LogP contribution in [-0.4, -0.2) is 22.7 Å². The van der Waals surface area contributed by atoms with Crippen LogP contribution in [-0.2, 0) is 4.79 Å². The number of pyridine rings is 1. The molecule has 5 nitrogen and oxygen atoms in total. The number of rotatable bonds is 4. The van der Waals surface area contributed by atoms with Crippen LogP contribution in [0.3, 0.4) is 0 Å².